The van der Waals surface area contributed by atoms with Crippen LogP contribution in [0, 0.1) is 0 Å². The highest BCUT2D eigenvalue weighted by atomic mass is 17.1. The molecule has 0 bridgehead atoms. The van der Waals surface area contributed by atoms with Crippen molar-refractivity contribution in [1.29, 1.82) is 0 Å². The van der Waals surface area contributed by atoms with Gasteiger partial charge in [0.15, 0.2) is 0 Å². The van der Waals surface area contributed by atoms with Gasteiger partial charge in [-0.05, 0) is 11.5 Å². The first-order chi connectivity index (χ1) is 7.31. The summed E-state index contributed by atoms with van der Waals surface area (Å²) in [6.45, 7) is 0. The van der Waals surface area contributed by atoms with Gasteiger partial charge < -0.3 is 9.68 Å². The Bertz CT molecular complexity index is 455. The molecule has 0 atom stereocenters. The van der Waals surface area contributed by atoms with Crippen LogP contribution < -0.4 is 4.65 Å². The fraction of sp³-hybridized carbons (Fsp3) is 0. The molecule has 2 aromatic carbocycles. The lowest BCUT2D eigenvalue weighted by Crippen LogP contribution is -2.24. The van der Waals surface area contributed by atoms with Crippen LogP contribution in [0.5, 0.6) is 5.75 Å². The number of hydrogen-bond donors (Lipinski definition) is 2. The van der Waals surface area contributed by atoms with Gasteiger partial charge in [0.1, 0.15) is 5.75 Å². The number of fused-ring (bicyclic) bond motifs is 1. The molecule has 2 N–H and O–H groups in total. The van der Waals surface area contributed by atoms with Crippen molar-refractivity contribution >= 4 is 18.1 Å². The highest BCUT2D eigenvalue weighted by molar-refractivity contribution is 6.35. The van der Waals surface area contributed by atoms with Crippen LogP contribution in [0.2, 0.25) is 0 Å². The molecule has 15 heavy (non-hydrogen) atoms. The van der Waals surface area contributed by atoms with E-state index in [9.17, 15) is 0 Å². The summed E-state index contributed by atoms with van der Waals surface area (Å²) >= 11 is 0. The third-order valence-electron chi connectivity index (χ3n) is 2.07. The average Bonchev–Trinajstić information content (AvgIpc) is 2.29. The predicted octanol–water partition coefficient (Wildman–Crippen LogP) is 1.69. The van der Waals surface area contributed by atoms with Crippen molar-refractivity contribution in [3.8, 4) is 5.75 Å². The van der Waals surface area contributed by atoms with E-state index in [-0.39, 0.29) is 0 Å². The van der Waals surface area contributed by atoms with Crippen LogP contribution in [0.4, 0.5) is 0 Å². The smallest absolute Gasteiger partial charge is 0.510 e. The zero-order chi connectivity index (χ0) is 10.7. The molecule has 0 amide bonds. The maximum atomic E-state index is 8.98. The van der Waals surface area contributed by atoms with E-state index >= 15 is 0 Å². The minimum absolute atomic E-state index is 0.453. The SMILES string of the molecule is OOB(O)Oc1cccc2ccccc12. The Hall–Kier alpha value is -1.56. The molecular weight excluding hydrogens is 195 g/mol. The summed E-state index contributed by atoms with van der Waals surface area (Å²) in [5, 5.41) is 19.0. The van der Waals surface area contributed by atoms with Crippen molar-refractivity contribution in [2.75, 3.05) is 0 Å². The molecule has 0 aliphatic heterocycles. The monoisotopic (exact) mass is 204 g/mol. The summed E-state index contributed by atoms with van der Waals surface area (Å²) in [7, 11) is -1.67. The predicted molar refractivity (Wildman–Crippen MR) is 56.3 cm³/mol. The lowest BCUT2D eigenvalue weighted by atomic mass is 10.1. The second-order valence-corrected chi connectivity index (χ2v) is 3.01. The van der Waals surface area contributed by atoms with Crippen molar-refractivity contribution in [2.45, 2.75) is 0 Å². The van der Waals surface area contributed by atoms with E-state index in [4.69, 9.17) is 14.9 Å². The van der Waals surface area contributed by atoms with Gasteiger partial charge in [0.05, 0.1) is 0 Å². The molecular formula is C10H9BO4. The molecule has 0 aliphatic rings. The Morgan fingerprint density at radius 1 is 1.00 bits per heavy atom. The van der Waals surface area contributed by atoms with Crippen LogP contribution in [-0.2, 0) is 4.81 Å². The molecule has 0 spiro atoms. The highest BCUT2D eigenvalue weighted by Gasteiger charge is 2.18. The van der Waals surface area contributed by atoms with Crippen LogP contribution in [-0.4, -0.2) is 17.6 Å². The van der Waals surface area contributed by atoms with E-state index in [1.54, 1.807) is 12.1 Å². The van der Waals surface area contributed by atoms with Gasteiger partial charge in [0, 0.05) is 5.39 Å². The van der Waals surface area contributed by atoms with Gasteiger partial charge in [-0.3, -0.25) is 5.26 Å². The zero-order valence-corrected chi connectivity index (χ0v) is 7.83. The first kappa shape index (κ1) is 9.98. The van der Waals surface area contributed by atoms with E-state index in [1.165, 1.54) is 0 Å². The van der Waals surface area contributed by atoms with Gasteiger partial charge in [-0.1, -0.05) is 36.4 Å². The standard InChI is InChI=1S/C10H9BO4/c12-11(15-13)14-10-7-3-5-8-4-1-2-6-9(8)10/h1-7,12-13H. The van der Waals surface area contributed by atoms with Crippen LogP contribution >= 0.6 is 0 Å². The average molecular weight is 204 g/mol. The third kappa shape index (κ3) is 2.10. The van der Waals surface area contributed by atoms with Crippen LogP contribution in [0.3, 0.4) is 0 Å². The molecule has 4 nitrogen and oxygen atoms in total. The van der Waals surface area contributed by atoms with Crippen molar-refractivity contribution in [2.24, 2.45) is 0 Å². The zero-order valence-electron chi connectivity index (χ0n) is 7.83. The molecule has 0 saturated heterocycles. The molecule has 0 unspecified atom stereocenters. The molecule has 0 aliphatic carbocycles. The molecule has 0 saturated carbocycles. The summed E-state index contributed by atoms with van der Waals surface area (Å²) in [6, 6.07) is 13.0. The van der Waals surface area contributed by atoms with Gasteiger partial charge in [-0.2, -0.15) is 0 Å². The maximum Gasteiger partial charge on any atom is 0.738 e. The number of benzene rings is 2. The van der Waals surface area contributed by atoms with E-state index < -0.39 is 7.32 Å². The molecule has 5 heteroatoms. The lowest BCUT2D eigenvalue weighted by Gasteiger charge is -2.08. The molecule has 0 fully saturated rings. The van der Waals surface area contributed by atoms with Crippen LogP contribution in [0.1, 0.15) is 0 Å². The van der Waals surface area contributed by atoms with Crippen molar-refractivity contribution < 1.29 is 19.7 Å². The molecule has 2 aromatic rings. The molecule has 0 heterocycles. The Labute approximate surface area is 86.8 Å². The van der Waals surface area contributed by atoms with Gasteiger partial charge in [-0.25, -0.2) is 4.81 Å². The van der Waals surface area contributed by atoms with Gasteiger partial charge in [0.2, 0.25) is 0 Å². The first-order valence-electron chi connectivity index (χ1n) is 4.44. The molecule has 0 aromatic heterocycles. The quantitative estimate of drug-likeness (QED) is 0.453. The summed E-state index contributed by atoms with van der Waals surface area (Å²) in [5.41, 5.74) is 0. The van der Waals surface area contributed by atoms with Crippen LogP contribution in [0.15, 0.2) is 42.5 Å². The highest BCUT2D eigenvalue weighted by Crippen LogP contribution is 2.25. The number of hydrogen-bond acceptors (Lipinski definition) is 4. The first-order valence-corrected chi connectivity index (χ1v) is 4.44. The van der Waals surface area contributed by atoms with Crippen molar-refractivity contribution in [3.63, 3.8) is 0 Å². The summed E-state index contributed by atoms with van der Waals surface area (Å²) in [4.78, 5) is 3.64. The fourth-order valence-corrected chi connectivity index (χ4v) is 1.43. The van der Waals surface area contributed by atoms with Gasteiger partial charge in [-0.15, -0.1) is 0 Å². The van der Waals surface area contributed by atoms with Gasteiger partial charge in [0.25, 0.3) is 0 Å². The largest absolute Gasteiger partial charge is 0.738 e. The minimum atomic E-state index is -1.67. The van der Waals surface area contributed by atoms with E-state index in [0.29, 0.717) is 5.75 Å². The number of rotatable bonds is 3. The van der Waals surface area contributed by atoms with Crippen molar-refractivity contribution in [3.05, 3.63) is 42.5 Å². The Morgan fingerprint density at radius 3 is 2.53 bits per heavy atom. The fourth-order valence-electron chi connectivity index (χ4n) is 1.43. The van der Waals surface area contributed by atoms with E-state index in [1.807, 2.05) is 30.3 Å². The summed E-state index contributed by atoms with van der Waals surface area (Å²) in [6.07, 6.45) is 0. The molecule has 76 valence electrons. The second-order valence-electron chi connectivity index (χ2n) is 3.01. The second kappa shape index (κ2) is 4.31. The Morgan fingerprint density at radius 2 is 1.73 bits per heavy atom. The van der Waals surface area contributed by atoms with E-state index in [2.05, 4.69) is 4.81 Å². The minimum Gasteiger partial charge on any atom is -0.510 e. The summed E-state index contributed by atoms with van der Waals surface area (Å²) < 4.78 is 4.96. The normalized spacial score (nSPS) is 10.3. The van der Waals surface area contributed by atoms with Crippen molar-refractivity contribution in [1.82, 2.24) is 0 Å². The topological polar surface area (TPSA) is 58.9 Å². The van der Waals surface area contributed by atoms with Crippen LogP contribution in [0.25, 0.3) is 10.8 Å². The molecule has 2 rings (SSSR count). The Balaban J connectivity index is 2.42. The van der Waals surface area contributed by atoms with Gasteiger partial charge >= 0.3 is 7.32 Å². The lowest BCUT2D eigenvalue weighted by molar-refractivity contribution is -0.171. The third-order valence-corrected chi connectivity index (χ3v) is 2.07. The summed E-state index contributed by atoms with van der Waals surface area (Å²) in [5.74, 6) is 0.453. The maximum absolute atomic E-state index is 8.98. The molecule has 0 radical (unpaired) electrons. The van der Waals surface area contributed by atoms with E-state index in [0.717, 1.165) is 10.8 Å². The Kier molecular flexibility index (Phi) is 2.87.